The summed E-state index contributed by atoms with van der Waals surface area (Å²) in [7, 11) is 4.07. The summed E-state index contributed by atoms with van der Waals surface area (Å²) in [6.45, 7) is 4.18. The van der Waals surface area contributed by atoms with Crippen LogP contribution < -0.4 is 20.9 Å². The van der Waals surface area contributed by atoms with Crippen LogP contribution in [0.2, 0.25) is 0 Å². The second-order valence-electron chi connectivity index (χ2n) is 10.3. The fourth-order valence-corrected chi connectivity index (χ4v) is 5.21. The minimum atomic E-state index is -0.468. The van der Waals surface area contributed by atoms with Crippen LogP contribution in [0.15, 0.2) is 12.1 Å². The highest BCUT2D eigenvalue weighted by Crippen LogP contribution is 2.31. The van der Waals surface area contributed by atoms with Gasteiger partial charge in [0.2, 0.25) is 5.95 Å². The highest BCUT2D eigenvalue weighted by molar-refractivity contribution is 5.93. The molecule has 4 rings (SSSR count). The molecule has 3 N–H and O–H groups in total. The van der Waals surface area contributed by atoms with Crippen molar-refractivity contribution in [3.63, 3.8) is 0 Å². The van der Waals surface area contributed by atoms with Gasteiger partial charge in [0.25, 0.3) is 5.69 Å². The quantitative estimate of drug-likeness (QED) is 0.374. The second-order valence-corrected chi connectivity index (χ2v) is 10.3. The van der Waals surface area contributed by atoms with Crippen LogP contribution in [0.4, 0.5) is 27.9 Å². The molecule has 0 spiro atoms. The summed E-state index contributed by atoms with van der Waals surface area (Å²) in [6, 6.07) is 3.02. The van der Waals surface area contributed by atoms with Gasteiger partial charge in [-0.05, 0) is 82.3 Å². The number of aryl methyl sites for hydroxylation is 2. The molecule has 1 aromatic carbocycles. The molecule has 1 aromatic heterocycles. The van der Waals surface area contributed by atoms with E-state index in [0.717, 1.165) is 55.9 Å². The molecular weight excluding hydrogens is 458 g/mol. The predicted molar refractivity (Wildman–Crippen MR) is 142 cm³/mol. The van der Waals surface area contributed by atoms with Crippen molar-refractivity contribution in [3.05, 3.63) is 44.6 Å². The summed E-state index contributed by atoms with van der Waals surface area (Å²) in [5.74, 6) is 2.11. The Bertz CT molecular complexity index is 1130. The van der Waals surface area contributed by atoms with Crippen LogP contribution in [0.3, 0.4) is 0 Å². The van der Waals surface area contributed by atoms with Crippen molar-refractivity contribution in [2.75, 3.05) is 36.2 Å². The Labute approximate surface area is 212 Å². The largest absolute Gasteiger partial charge is 0.362 e. The molecule has 10 nitrogen and oxygen atoms in total. The highest BCUT2D eigenvalue weighted by Gasteiger charge is 2.25. The third-order valence-corrected chi connectivity index (χ3v) is 7.47. The minimum Gasteiger partial charge on any atom is -0.362 e. The maximum absolute atomic E-state index is 12.5. The van der Waals surface area contributed by atoms with Gasteiger partial charge in [0, 0.05) is 38.3 Å². The number of urea groups is 1. The summed E-state index contributed by atoms with van der Waals surface area (Å²) in [6.07, 6.45) is 8.35. The van der Waals surface area contributed by atoms with E-state index < -0.39 is 11.0 Å². The zero-order chi connectivity index (χ0) is 25.8. The van der Waals surface area contributed by atoms with Crippen LogP contribution in [0.1, 0.15) is 60.9 Å². The van der Waals surface area contributed by atoms with Crippen molar-refractivity contribution in [2.24, 2.45) is 5.92 Å². The Morgan fingerprint density at radius 2 is 1.83 bits per heavy atom. The lowest BCUT2D eigenvalue weighted by atomic mass is 9.86. The van der Waals surface area contributed by atoms with Gasteiger partial charge >= 0.3 is 6.03 Å². The number of nitrogens with one attached hydrogen (secondary N) is 3. The number of hydrogen-bond donors (Lipinski definition) is 3. The minimum absolute atomic E-state index is 0.0957. The number of carbonyl (C=O) groups excluding carboxylic acids is 1. The molecule has 10 heteroatoms. The summed E-state index contributed by atoms with van der Waals surface area (Å²) >= 11 is 0. The van der Waals surface area contributed by atoms with Gasteiger partial charge in [-0.3, -0.25) is 10.1 Å². The Morgan fingerprint density at radius 3 is 2.53 bits per heavy atom. The van der Waals surface area contributed by atoms with Crippen molar-refractivity contribution < 1.29 is 9.72 Å². The number of benzene rings is 1. The van der Waals surface area contributed by atoms with Gasteiger partial charge in [-0.2, -0.15) is 4.98 Å². The van der Waals surface area contributed by atoms with E-state index in [0.29, 0.717) is 24.1 Å². The Kier molecular flexibility index (Phi) is 7.91. The summed E-state index contributed by atoms with van der Waals surface area (Å²) in [5, 5.41) is 20.5. The molecule has 2 aromatic rings. The summed E-state index contributed by atoms with van der Waals surface area (Å²) in [4.78, 5) is 35.2. The topological polar surface area (TPSA) is 125 Å². The van der Waals surface area contributed by atoms with E-state index in [4.69, 9.17) is 9.97 Å². The fourth-order valence-electron chi connectivity index (χ4n) is 5.21. The number of hydrogen-bond acceptors (Lipinski definition) is 7. The van der Waals surface area contributed by atoms with Gasteiger partial charge in [0.15, 0.2) is 0 Å². The first-order valence-corrected chi connectivity index (χ1v) is 12.9. The van der Waals surface area contributed by atoms with Gasteiger partial charge in [-0.1, -0.05) is 6.07 Å². The number of amides is 2. The summed E-state index contributed by atoms with van der Waals surface area (Å²) < 4.78 is 0. The van der Waals surface area contributed by atoms with Crippen molar-refractivity contribution in [2.45, 2.75) is 71.3 Å². The number of carbonyl (C=O) groups is 1. The van der Waals surface area contributed by atoms with Crippen LogP contribution in [-0.4, -0.2) is 47.6 Å². The zero-order valence-corrected chi connectivity index (χ0v) is 21.7. The van der Waals surface area contributed by atoms with Crippen LogP contribution in [0, 0.1) is 29.9 Å². The number of aromatic nitrogens is 2. The van der Waals surface area contributed by atoms with E-state index in [2.05, 4.69) is 20.9 Å². The van der Waals surface area contributed by atoms with E-state index in [9.17, 15) is 14.9 Å². The molecule has 0 radical (unpaired) electrons. The van der Waals surface area contributed by atoms with E-state index in [1.807, 2.05) is 21.0 Å². The van der Waals surface area contributed by atoms with Gasteiger partial charge in [-0.25, -0.2) is 9.78 Å². The molecule has 0 saturated heterocycles. The molecule has 2 aliphatic rings. The van der Waals surface area contributed by atoms with Crippen molar-refractivity contribution >= 4 is 29.2 Å². The third-order valence-electron chi connectivity index (χ3n) is 7.47. The van der Waals surface area contributed by atoms with E-state index in [-0.39, 0.29) is 11.4 Å². The zero-order valence-electron chi connectivity index (χ0n) is 21.7. The Balaban J connectivity index is 1.29. The average molecular weight is 496 g/mol. The van der Waals surface area contributed by atoms with Crippen molar-refractivity contribution in [1.82, 2.24) is 15.3 Å². The van der Waals surface area contributed by atoms with E-state index >= 15 is 0 Å². The molecule has 0 aliphatic heterocycles. The summed E-state index contributed by atoms with van der Waals surface area (Å²) in [5.41, 5.74) is 4.22. The molecular formula is C26H37N7O3. The van der Waals surface area contributed by atoms with Crippen molar-refractivity contribution in [1.29, 1.82) is 0 Å². The van der Waals surface area contributed by atoms with Crippen LogP contribution in [0.25, 0.3) is 0 Å². The number of anilines is 3. The van der Waals surface area contributed by atoms with E-state index in [1.54, 1.807) is 13.0 Å². The molecule has 36 heavy (non-hydrogen) atoms. The average Bonchev–Trinajstić information content (AvgIpc) is 2.85. The van der Waals surface area contributed by atoms with Crippen molar-refractivity contribution in [3.8, 4) is 0 Å². The molecule has 0 bridgehead atoms. The third kappa shape index (κ3) is 5.85. The van der Waals surface area contributed by atoms with Crippen LogP contribution in [0.5, 0.6) is 0 Å². The maximum atomic E-state index is 12.5. The van der Waals surface area contributed by atoms with E-state index in [1.165, 1.54) is 30.2 Å². The smallest absolute Gasteiger partial charge is 0.319 e. The van der Waals surface area contributed by atoms with Gasteiger partial charge in [0.05, 0.1) is 10.6 Å². The van der Waals surface area contributed by atoms with Crippen LogP contribution in [-0.2, 0) is 12.8 Å². The molecule has 0 atom stereocenters. The number of nitro benzene ring substituents is 1. The number of rotatable bonds is 7. The van der Waals surface area contributed by atoms with Gasteiger partial charge in [-0.15, -0.1) is 0 Å². The molecule has 1 saturated carbocycles. The predicted octanol–water partition coefficient (Wildman–Crippen LogP) is 4.74. The first kappa shape index (κ1) is 25.7. The molecule has 1 heterocycles. The lowest BCUT2D eigenvalue weighted by molar-refractivity contribution is -0.384. The first-order valence-electron chi connectivity index (χ1n) is 12.9. The highest BCUT2D eigenvalue weighted by atomic mass is 16.6. The lowest BCUT2D eigenvalue weighted by Gasteiger charge is -2.30. The Morgan fingerprint density at radius 1 is 1.11 bits per heavy atom. The Hall–Kier alpha value is -3.43. The number of nitro groups is 1. The fraction of sp³-hybridized carbons (Fsp3) is 0.577. The van der Waals surface area contributed by atoms with Gasteiger partial charge < -0.3 is 20.9 Å². The molecule has 2 aliphatic carbocycles. The number of fused-ring (bicyclic) bond motifs is 1. The standard InChI is InChI=1S/C26H37N7O3/c1-16-9-14-22(33(35)36)23(17(16)2)30-26(34)27-15-18-10-12-19(13-11-18)28-25-29-21-8-6-5-7-20(21)24(31-25)32(3)4/h9,14,18-19H,5-8,10-13,15H2,1-4H3,(H2,27,30,34)(H,28,29,31)/t18-,19+. The SMILES string of the molecule is Cc1ccc([N+](=O)[O-])c(NC(=O)NC[C@H]2CC[C@@H](Nc3nc4c(c(N(C)C)n3)CCCC4)CC2)c1C. The number of nitrogens with zero attached hydrogens (tertiary/aromatic N) is 4. The maximum Gasteiger partial charge on any atom is 0.319 e. The molecule has 1 fully saturated rings. The second kappa shape index (κ2) is 11.1. The van der Waals surface area contributed by atoms with Crippen LogP contribution >= 0.6 is 0 Å². The molecule has 0 unspecified atom stereocenters. The monoisotopic (exact) mass is 495 g/mol. The van der Waals surface area contributed by atoms with Gasteiger partial charge in [0.1, 0.15) is 11.5 Å². The molecule has 2 amide bonds. The molecule has 194 valence electrons. The first-order chi connectivity index (χ1) is 17.2. The normalized spacial score (nSPS) is 19.2. The lowest BCUT2D eigenvalue weighted by Crippen LogP contribution is -2.36.